The Morgan fingerprint density at radius 1 is 1.31 bits per heavy atom. The predicted molar refractivity (Wildman–Crippen MR) is 113 cm³/mol. The lowest BCUT2D eigenvalue weighted by Crippen LogP contribution is -2.35. The number of aromatic nitrogens is 3. The predicted octanol–water partition coefficient (Wildman–Crippen LogP) is 1.69. The normalized spacial score (nSPS) is 12.5. The lowest BCUT2D eigenvalue weighted by atomic mass is 10.1. The Morgan fingerprint density at radius 2 is 2.03 bits per heavy atom. The van der Waals surface area contributed by atoms with Crippen molar-refractivity contribution in [3.8, 4) is 18.0 Å². The Labute approximate surface area is 169 Å². The minimum Gasteiger partial charge on any atom is -0.355 e. The molecule has 1 aliphatic heterocycles. The smallest absolute Gasteiger partial charge is 0.261 e. The molecule has 2 N–H and O–H groups in total. The van der Waals surface area contributed by atoms with Crippen molar-refractivity contribution in [3.05, 3.63) is 63.2 Å². The number of carbonyl (C=O) groups is 1. The summed E-state index contributed by atoms with van der Waals surface area (Å²) in [6, 6.07) is 6.95. The first-order chi connectivity index (χ1) is 14.2. The molecule has 3 aromatic rings. The Kier molecular flexibility index (Phi) is 6.15. The molecule has 1 aliphatic rings. The van der Waals surface area contributed by atoms with Gasteiger partial charge in [0.2, 0.25) is 0 Å². The average Bonchev–Trinajstić information content (AvgIpc) is 3.19. The summed E-state index contributed by atoms with van der Waals surface area (Å²) >= 11 is 0. The van der Waals surface area contributed by atoms with E-state index in [4.69, 9.17) is 6.42 Å². The molecule has 7 heteroatoms. The SMILES string of the molecule is C#CCc1cnn2c3c(c(=O)n(-c4ccc(C(=O)NC)cc4)c12)CCNC3.CC. The number of amides is 1. The van der Waals surface area contributed by atoms with E-state index in [1.807, 2.05) is 18.4 Å². The second kappa shape index (κ2) is 8.76. The van der Waals surface area contributed by atoms with Crippen LogP contribution in [0, 0.1) is 12.3 Å². The third-order valence-electron chi connectivity index (χ3n) is 4.85. The van der Waals surface area contributed by atoms with E-state index < -0.39 is 0 Å². The molecule has 0 bridgehead atoms. The summed E-state index contributed by atoms with van der Waals surface area (Å²) in [7, 11) is 1.58. The zero-order valence-corrected chi connectivity index (χ0v) is 17.0. The van der Waals surface area contributed by atoms with Crippen LogP contribution in [0.25, 0.3) is 11.3 Å². The van der Waals surface area contributed by atoms with Crippen molar-refractivity contribution in [2.45, 2.75) is 33.2 Å². The van der Waals surface area contributed by atoms with Crippen molar-refractivity contribution in [3.63, 3.8) is 0 Å². The number of terminal acetylenes is 1. The molecule has 29 heavy (non-hydrogen) atoms. The second-order valence-corrected chi connectivity index (χ2v) is 6.40. The Bertz CT molecular complexity index is 1130. The van der Waals surface area contributed by atoms with Gasteiger partial charge in [0.05, 0.1) is 17.6 Å². The summed E-state index contributed by atoms with van der Waals surface area (Å²) in [6.07, 6.45) is 8.26. The molecule has 1 amide bonds. The van der Waals surface area contributed by atoms with Crippen molar-refractivity contribution >= 4 is 11.6 Å². The molecule has 0 aliphatic carbocycles. The fourth-order valence-corrected chi connectivity index (χ4v) is 3.53. The monoisotopic (exact) mass is 391 g/mol. The standard InChI is InChI=1S/C20H19N5O2.C2H6/c1-3-4-14-11-23-25-17-12-22-10-9-16(17)20(27)24(19(14)25)15-7-5-13(6-8-15)18(26)21-2;1-2/h1,5-8,11,22H,4,9-10,12H2,2H3,(H,21,26);1-2H3. The maximum absolute atomic E-state index is 13.3. The summed E-state index contributed by atoms with van der Waals surface area (Å²) in [5, 5.41) is 10.4. The van der Waals surface area contributed by atoms with Crippen LogP contribution in [0.2, 0.25) is 0 Å². The third-order valence-corrected chi connectivity index (χ3v) is 4.85. The Balaban J connectivity index is 0.00000117. The first-order valence-electron chi connectivity index (χ1n) is 9.75. The van der Waals surface area contributed by atoms with Gasteiger partial charge in [-0.1, -0.05) is 13.8 Å². The molecule has 0 radical (unpaired) electrons. The largest absolute Gasteiger partial charge is 0.355 e. The number of nitrogens with zero attached hydrogens (tertiary/aromatic N) is 3. The molecule has 0 saturated carbocycles. The minimum atomic E-state index is -0.173. The molecule has 1 aromatic carbocycles. The molecule has 3 heterocycles. The van der Waals surface area contributed by atoms with Gasteiger partial charge in [-0.25, -0.2) is 4.52 Å². The van der Waals surface area contributed by atoms with Crippen molar-refractivity contribution in [2.24, 2.45) is 0 Å². The van der Waals surface area contributed by atoms with Gasteiger partial charge in [0, 0.05) is 36.7 Å². The summed E-state index contributed by atoms with van der Waals surface area (Å²) in [5.74, 6) is 2.46. The van der Waals surface area contributed by atoms with Crippen molar-refractivity contribution in [1.82, 2.24) is 24.8 Å². The van der Waals surface area contributed by atoms with E-state index in [9.17, 15) is 9.59 Å². The van der Waals surface area contributed by atoms with Gasteiger partial charge in [0.25, 0.3) is 11.5 Å². The highest BCUT2D eigenvalue weighted by Gasteiger charge is 2.23. The number of hydrogen-bond acceptors (Lipinski definition) is 4. The van der Waals surface area contributed by atoms with Gasteiger partial charge in [-0.15, -0.1) is 12.3 Å². The average molecular weight is 391 g/mol. The fraction of sp³-hybridized carbons (Fsp3) is 0.318. The van der Waals surface area contributed by atoms with E-state index in [-0.39, 0.29) is 11.5 Å². The van der Waals surface area contributed by atoms with Crippen LogP contribution in [0.5, 0.6) is 0 Å². The van der Waals surface area contributed by atoms with Crippen molar-refractivity contribution in [1.29, 1.82) is 0 Å². The number of nitrogens with one attached hydrogen (secondary N) is 2. The molecule has 4 rings (SSSR count). The van der Waals surface area contributed by atoms with Gasteiger partial charge >= 0.3 is 0 Å². The first kappa shape index (κ1) is 20.4. The van der Waals surface area contributed by atoms with Gasteiger partial charge in [0.15, 0.2) is 0 Å². The van der Waals surface area contributed by atoms with E-state index in [0.717, 1.165) is 23.4 Å². The molecule has 0 unspecified atom stereocenters. The van der Waals surface area contributed by atoms with E-state index >= 15 is 0 Å². The van der Waals surface area contributed by atoms with E-state index in [1.54, 1.807) is 42.1 Å². The minimum absolute atomic E-state index is 0.0644. The molecule has 0 spiro atoms. The lowest BCUT2D eigenvalue weighted by Gasteiger charge is -2.21. The van der Waals surface area contributed by atoms with Crippen LogP contribution in [0.1, 0.15) is 41.0 Å². The summed E-state index contributed by atoms with van der Waals surface area (Å²) in [6.45, 7) is 5.34. The highest BCUT2D eigenvalue weighted by Crippen LogP contribution is 2.20. The van der Waals surface area contributed by atoms with Crippen LogP contribution in [-0.4, -0.2) is 33.7 Å². The molecular formula is C22H25N5O2. The zero-order valence-electron chi connectivity index (χ0n) is 17.0. The number of carbonyl (C=O) groups excluding carboxylic acids is 1. The molecule has 0 fully saturated rings. The summed E-state index contributed by atoms with van der Waals surface area (Å²) in [4.78, 5) is 25.1. The van der Waals surface area contributed by atoms with Gasteiger partial charge in [-0.2, -0.15) is 5.10 Å². The number of fused-ring (bicyclic) bond motifs is 3. The van der Waals surface area contributed by atoms with E-state index in [1.165, 1.54) is 0 Å². The lowest BCUT2D eigenvalue weighted by molar-refractivity contribution is 0.0963. The van der Waals surface area contributed by atoms with E-state index in [2.05, 4.69) is 21.7 Å². The van der Waals surface area contributed by atoms with Gasteiger partial charge in [-0.05, 0) is 37.2 Å². The maximum atomic E-state index is 13.3. The van der Waals surface area contributed by atoms with Gasteiger partial charge in [-0.3, -0.25) is 14.2 Å². The van der Waals surface area contributed by atoms with Gasteiger partial charge in [0.1, 0.15) is 5.65 Å². The van der Waals surface area contributed by atoms with Crippen LogP contribution in [0.3, 0.4) is 0 Å². The zero-order chi connectivity index (χ0) is 21.0. The Hall–Kier alpha value is -3.37. The molecule has 0 atom stereocenters. The molecule has 7 nitrogen and oxygen atoms in total. The Morgan fingerprint density at radius 3 is 2.69 bits per heavy atom. The van der Waals surface area contributed by atoms with Gasteiger partial charge < -0.3 is 10.6 Å². The molecular weight excluding hydrogens is 366 g/mol. The fourth-order valence-electron chi connectivity index (χ4n) is 3.53. The van der Waals surface area contributed by atoms with Crippen molar-refractivity contribution in [2.75, 3.05) is 13.6 Å². The molecule has 2 aromatic heterocycles. The second-order valence-electron chi connectivity index (χ2n) is 6.40. The number of rotatable bonds is 3. The summed E-state index contributed by atoms with van der Waals surface area (Å²) < 4.78 is 3.46. The van der Waals surface area contributed by atoms with Crippen LogP contribution >= 0.6 is 0 Å². The van der Waals surface area contributed by atoms with Crippen LogP contribution < -0.4 is 16.2 Å². The van der Waals surface area contributed by atoms with E-state index in [0.29, 0.717) is 36.3 Å². The third kappa shape index (κ3) is 3.55. The van der Waals surface area contributed by atoms with Crippen LogP contribution in [0.4, 0.5) is 0 Å². The quantitative estimate of drug-likeness (QED) is 0.666. The maximum Gasteiger partial charge on any atom is 0.261 e. The van der Waals surface area contributed by atoms with Crippen molar-refractivity contribution < 1.29 is 4.79 Å². The summed E-state index contributed by atoms with van der Waals surface area (Å²) in [5.41, 5.74) is 4.27. The highest BCUT2D eigenvalue weighted by molar-refractivity contribution is 5.94. The van der Waals surface area contributed by atoms with Crippen LogP contribution in [0.15, 0.2) is 35.3 Å². The molecule has 150 valence electrons. The topological polar surface area (TPSA) is 80.4 Å². The number of hydrogen-bond donors (Lipinski definition) is 2. The first-order valence-corrected chi connectivity index (χ1v) is 9.75. The van der Waals surface area contributed by atoms with Crippen LogP contribution in [-0.2, 0) is 19.4 Å². The molecule has 0 saturated heterocycles. The highest BCUT2D eigenvalue weighted by atomic mass is 16.1. The number of benzene rings is 1.